The van der Waals surface area contributed by atoms with Gasteiger partial charge in [-0.2, -0.15) is 0 Å². The summed E-state index contributed by atoms with van der Waals surface area (Å²) in [7, 11) is 1.63. The molecule has 0 aliphatic rings. The van der Waals surface area contributed by atoms with E-state index in [0.29, 0.717) is 18.7 Å². The molecule has 2 rings (SSSR count). The van der Waals surface area contributed by atoms with Gasteiger partial charge < -0.3 is 15.2 Å². The smallest absolute Gasteiger partial charge is 0.123 e. The molecule has 4 heteroatoms. The van der Waals surface area contributed by atoms with Gasteiger partial charge in [-0.25, -0.2) is 4.39 Å². The van der Waals surface area contributed by atoms with Crippen molar-refractivity contribution in [3.8, 4) is 5.75 Å². The molecule has 3 nitrogen and oxygen atoms in total. The number of ether oxygens (including phenoxy) is 1. The van der Waals surface area contributed by atoms with E-state index in [1.807, 2.05) is 24.3 Å². The highest BCUT2D eigenvalue weighted by atomic mass is 19.1. The Balaban J connectivity index is 1.82. The molecular weight excluding hydrogens is 257 g/mol. The Morgan fingerprint density at radius 3 is 2.60 bits per heavy atom. The topological polar surface area (TPSA) is 41.5 Å². The van der Waals surface area contributed by atoms with Gasteiger partial charge in [-0.15, -0.1) is 0 Å². The van der Waals surface area contributed by atoms with E-state index in [0.717, 1.165) is 11.3 Å². The normalized spacial score (nSPS) is 12.2. The van der Waals surface area contributed by atoms with Crippen LogP contribution in [0.2, 0.25) is 0 Å². The van der Waals surface area contributed by atoms with Crippen molar-refractivity contribution < 1.29 is 14.2 Å². The van der Waals surface area contributed by atoms with Crippen LogP contribution in [0.15, 0.2) is 48.5 Å². The molecule has 0 radical (unpaired) electrons. The molecule has 0 unspecified atom stereocenters. The second-order valence-corrected chi connectivity index (χ2v) is 4.55. The van der Waals surface area contributed by atoms with Crippen LogP contribution in [0, 0.1) is 5.82 Å². The minimum Gasteiger partial charge on any atom is -0.497 e. The second kappa shape index (κ2) is 7.03. The Morgan fingerprint density at radius 1 is 1.20 bits per heavy atom. The van der Waals surface area contributed by atoms with E-state index in [1.54, 1.807) is 19.2 Å². The van der Waals surface area contributed by atoms with Crippen LogP contribution in [-0.4, -0.2) is 18.8 Å². The highest BCUT2D eigenvalue weighted by Gasteiger charge is 2.07. The molecule has 2 aromatic rings. The summed E-state index contributed by atoms with van der Waals surface area (Å²) in [6.07, 6.45) is -0.719. The van der Waals surface area contributed by atoms with Crippen molar-refractivity contribution in [2.75, 3.05) is 13.7 Å². The maximum absolute atomic E-state index is 13.0. The molecule has 0 aromatic heterocycles. The Kier molecular flexibility index (Phi) is 5.09. The molecule has 0 fully saturated rings. The van der Waals surface area contributed by atoms with Crippen molar-refractivity contribution in [1.82, 2.24) is 5.32 Å². The average molecular weight is 275 g/mol. The van der Waals surface area contributed by atoms with E-state index < -0.39 is 6.10 Å². The minimum absolute atomic E-state index is 0.336. The van der Waals surface area contributed by atoms with E-state index in [-0.39, 0.29) is 5.82 Å². The van der Waals surface area contributed by atoms with Crippen LogP contribution in [0.3, 0.4) is 0 Å². The van der Waals surface area contributed by atoms with Gasteiger partial charge in [0.05, 0.1) is 13.2 Å². The number of aliphatic hydroxyl groups is 1. The summed E-state index contributed by atoms with van der Waals surface area (Å²) in [6.45, 7) is 1.01. The van der Waals surface area contributed by atoms with Crippen molar-refractivity contribution in [3.05, 3.63) is 65.5 Å². The Bertz CT molecular complexity index is 542. The van der Waals surface area contributed by atoms with Gasteiger partial charge in [0.15, 0.2) is 0 Å². The molecule has 0 heterocycles. The van der Waals surface area contributed by atoms with Crippen molar-refractivity contribution in [3.63, 3.8) is 0 Å². The number of nitrogens with one attached hydrogen (secondary N) is 1. The number of hydrogen-bond donors (Lipinski definition) is 2. The molecule has 0 bridgehead atoms. The quantitative estimate of drug-likeness (QED) is 0.851. The lowest BCUT2D eigenvalue weighted by molar-refractivity contribution is 0.174. The summed E-state index contributed by atoms with van der Waals surface area (Å²) < 4.78 is 18.1. The Labute approximate surface area is 118 Å². The molecule has 0 saturated carbocycles. The van der Waals surface area contributed by atoms with Crippen LogP contribution in [0.1, 0.15) is 17.2 Å². The molecule has 0 aliphatic carbocycles. The molecule has 0 saturated heterocycles. The lowest BCUT2D eigenvalue weighted by atomic mass is 10.1. The zero-order valence-electron chi connectivity index (χ0n) is 11.3. The molecule has 0 aliphatic heterocycles. The monoisotopic (exact) mass is 275 g/mol. The average Bonchev–Trinajstić information content (AvgIpc) is 2.48. The lowest BCUT2D eigenvalue weighted by Crippen LogP contribution is -2.21. The number of halogens is 1. The number of hydrogen-bond acceptors (Lipinski definition) is 3. The van der Waals surface area contributed by atoms with Crippen molar-refractivity contribution in [2.24, 2.45) is 0 Å². The van der Waals surface area contributed by atoms with E-state index >= 15 is 0 Å². The van der Waals surface area contributed by atoms with Gasteiger partial charge in [-0.1, -0.05) is 24.3 Å². The van der Waals surface area contributed by atoms with E-state index in [2.05, 4.69) is 5.32 Å². The largest absolute Gasteiger partial charge is 0.497 e. The SMILES string of the molecule is COc1ccc(CNC[C@@H](O)c2cccc(F)c2)cc1. The third kappa shape index (κ3) is 4.05. The molecule has 2 N–H and O–H groups in total. The van der Waals surface area contributed by atoms with E-state index in [4.69, 9.17) is 4.74 Å². The van der Waals surface area contributed by atoms with Gasteiger partial charge in [-0.3, -0.25) is 0 Å². The number of rotatable bonds is 6. The predicted molar refractivity (Wildman–Crippen MR) is 76.1 cm³/mol. The highest BCUT2D eigenvalue weighted by Crippen LogP contribution is 2.14. The van der Waals surface area contributed by atoms with Crippen LogP contribution in [0.5, 0.6) is 5.75 Å². The zero-order valence-corrected chi connectivity index (χ0v) is 11.3. The first-order chi connectivity index (χ1) is 9.69. The van der Waals surface area contributed by atoms with Crippen molar-refractivity contribution in [1.29, 1.82) is 0 Å². The minimum atomic E-state index is -0.719. The molecule has 1 atom stereocenters. The fourth-order valence-corrected chi connectivity index (χ4v) is 1.93. The van der Waals surface area contributed by atoms with Gasteiger partial charge in [0.2, 0.25) is 0 Å². The summed E-state index contributed by atoms with van der Waals surface area (Å²) in [5.74, 6) is 0.477. The van der Waals surface area contributed by atoms with Crippen LogP contribution >= 0.6 is 0 Å². The first-order valence-corrected chi connectivity index (χ1v) is 6.46. The van der Waals surface area contributed by atoms with Crippen molar-refractivity contribution >= 4 is 0 Å². The van der Waals surface area contributed by atoms with E-state index in [9.17, 15) is 9.50 Å². The number of benzene rings is 2. The predicted octanol–water partition coefficient (Wildman–Crippen LogP) is 2.66. The fraction of sp³-hybridized carbons (Fsp3) is 0.250. The van der Waals surface area contributed by atoms with Gasteiger partial charge in [0.25, 0.3) is 0 Å². The molecule has 20 heavy (non-hydrogen) atoms. The summed E-state index contributed by atoms with van der Waals surface area (Å²) in [6, 6.07) is 13.7. The van der Waals surface area contributed by atoms with Gasteiger partial charge in [0.1, 0.15) is 11.6 Å². The third-order valence-electron chi connectivity index (χ3n) is 3.06. The van der Waals surface area contributed by atoms with Crippen LogP contribution < -0.4 is 10.1 Å². The van der Waals surface area contributed by atoms with Crippen LogP contribution in [0.25, 0.3) is 0 Å². The molecule has 106 valence electrons. The summed E-state index contributed by atoms with van der Waals surface area (Å²) in [5.41, 5.74) is 1.67. The Morgan fingerprint density at radius 2 is 1.95 bits per heavy atom. The van der Waals surface area contributed by atoms with Crippen LogP contribution in [-0.2, 0) is 6.54 Å². The first kappa shape index (κ1) is 14.5. The standard InChI is InChI=1S/C16H18FNO2/c1-20-15-7-5-12(6-8-15)10-18-11-16(19)13-3-2-4-14(17)9-13/h2-9,16,18-19H,10-11H2,1H3/t16-/m1/s1. The molecule has 2 aromatic carbocycles. The summed E-state index contributed by atoms with van der Waals surface area (Å²) in [5, 5.41) is 13.1. The third-order valence-corrected chi connectivity index (χ3v) is 3.06. The molecule has 0 spiro atoms. The number of aliphatic hydroxyl groups excluding tert-OH is 1. The molecule has 0 amide bonds. The Hall–Kier alpha value is -1.91. The maximum atomic E-state index is 13.0. The fourth-order valence-electron chi connectivity index (χ4n) is 1.93. The summed E-state index contributed by atoms with van der Waals surface area (Å²) in [4.78, 5) is 0. The van der Waals surface area contributed by atoms with Crippen molar-refractivity contribution in [2.45, 2.75) is 12.6 Å². The van der Waals surface area contributed by atoms with Gasteiger partial charge >= 0.3 is 0 Å². The molecular formula is C16H18FNO2. The van der Waals surface area contributed by atoms with Crippen LogP contribution in [0.4, 0.5) is 4.39 Å². The second-order valence-electron chi connectivity index (χ2n) is 4.55. The van der Waals surface area contributed by atoms with Gasteiger partial charge in [-0.05, 0) is 35.4 Å². The highest BCUT2D eigenvalue weighted by molar-refractivity contribution is 5.27. The lowest BCUT2D eigenvalue weighted by Gasteiger charge is -2.12. The van der Waals surface area contributed by atoms with E-state index in [1.165, 1.54) is 12.1 Å². The summed E-state index contributed by atoms with van der Waals surface area (Å²) >= 11 is 0. The maximum Gasteiger partial charge on any atom is 0.123 e. The number of methoxy groups -OCH3 is 1. The zero-order chi connectivity index (χ0) is 14.4. The first-order valence-electron chi connectivity index (χ1n) is 6.46. The van der Waals surface area contributed by atoms with Gasteiger partial charge in [0, 0.05) is 13.1 Å².